The van der Waals surface area contributed by atoms with Crippen molar-refractivity contribution in [1.29, 1.82) is 0 Å². The third kappa shape index (κ3) is 8.98. The molecule has 34 heavy (non-hydrogen) atoms. The number of anilines is 3. The maximum Gasteiger partial charge on any atom is 0.243 e. The van der Waals surface area contributed by atoms with E-state index in [1.165, 1.54) is 0 Å². The SMILES string of the molecule is CC(C)CCOc1ccc(NCC(=O)Nc2ccc(NC(=O)CCc3ccccc3)cc2)cc1. The number of ether oxygens (including phenoxy) is 1. The number of carbonyl (C=O) groups is 2. The first-order valence-electron chi connectivity index (χ1n) is 11.7. The molecule has 0 aliphatic rings. The van der Waals surface area contributed by atoms with Crippen molar-refractivity contribution in [3.63, 3.8) is 0 Å². The molecule has 0 radical (unpaired) electrons. The van der Waals surface area contributed by atoms with Gasteiger partial charge in [0.15, 0.2) is 0 Å². The molecule has 3 aromatic rings. The molecule has 0 saturated heterocycles. The number of benzene rings is 3. The summed E-state index contributed by atoms with van der Waals surface area (Å²) in [6.45, 7) is 5.18. The van der Waals surface area contributed by atoms with Crippen LogP contribution in [0.25, 0.3) is 0 Å². The number of aryl methyl sites for hydroxylation is 1. The molecule has 0 bridgehead atoms. The van der Waals surface area contributed by atoms with Crippen molar-refractivity contribution in [1.82, 2.24) is 0 Å². The fourth-order valence-electron chi connectivity index (χ4n) is 3.23. The Labute approximate surface area is 201 Å². The second kappa shape index (κ2) is 13.0. The van der Waals surface area contributed by atoms with E-state index >= 15 is 0 Å². The lowest BCUT2D eigenvalue weighted by atomic mass is 10.1. The normalized spacial score (nSPS) is 10.6. The van der Waals surface area contributed by atoms with Crippen LogP contribution in [0.1, 0.15) is 32.3 Å². The molecule has 0 unspecified atom stereocenters. The molecule has 0 saturated carbocycles. The summed E-state index contributed by atoms with van der Waals surface area (Å²) in [6, 6.07) is 24.6. The van der Waals surface area contributed by atoms with Gasteiger partial charge in [0.1, 0.15) is 5.75 Å². The van der Waals surface area contributed by atoms with Gasteiger partial charge in [-0.3, -0.25) is 9.59 Å². The van der Waals surface area contributed by atoms with Crippen molar-refractivity contribution in [2.24, 2.45) is 5.92 Å². The Morgan fingerprint density at radius 3 is 1.97 bits per heavy atom. The molecule has 2 amide bonds. The molecule has 0 fully saturated rings. The highest BCUT2D eigenvalue weighted by molar-refractivity contribution is 5.94. The number of carbonyl (C=O) groups excluding carboxylic acids is 2. The maximum atomic E-state index is 12.3. The average molecular weight is 460 g/mol. The molecule has 0 atom stereocenters. The van der Waals surface area contributed by atoms with Crippen LogP contribution in [0.5, 0.6) is 5.75 Å². The monoisotopic (exact) mass is 459 g/mol. The summed E-state index contributed by atoms with van der Waals surface area (Å²) in [5, 5.41) is 8.84. The van der Waals surface area contributed by atoms with E-state index in [1.54, 1.807) is 24.3 Å². The third-order valence-electron chi connectivity index (χ3n) is 5.21. The molecule has 178 valence electrons. The zero-order valence-electron chi connectivity index (χ0n) is 19.8. The van der Waals surface area contributed by atoms with Gasteiger partial charge in [-0.05, 0) is 72.9 Å². The van der Waals surface area contributed by atoms with E-state index in [0.29, 0.717) is 36.7 Å². The summed E-state index contributed by atoms with van der Waals surface area (Å²) in [7, 11) is 0. The summed E-state index contributed by atoms with van der Waals surface area (Å²) in [5.74, 6) is 1.24. The van der Waals surface area contributed by atoms with Gasteiger partial charge in [-0.1, -0.05) is 44.2 Å². The molecule has 0 aliphatic heterocycles. The summed E-state index contributed by atoms with van der Waals surface area (Å²) in [5.41, 5.74) is 3.35. The molecule has 3 N–H and O–H groups in total. The van der Waals surface area contributed by atoms with E-state index < -0.39 is 0 Å². The van der Waals surface area contributed by atoms with Gasteiger partial charge in [-0.15, -0.1) is 0 Å². The van der Waals surface area contributed by atoms with Crippen LogP contribution in [0.4, 0.5) is 17.1 Å². The van der Waals surface area contributed by atoms with Gasteiger partial charge in [0, 0.05) is 23.5 Å². The van der Waals surface area contributed by atoms with Gasteiger partial charge in [-0.2, -0.15) is 0 Å². The molecule has 6 nitrogen and oxygen atoms in total. The van der Waals surface area contributed by atoms with Crippen molar-refractivity contribution in [3.05, 3.63) is 84.4 Å². The minimum atomic E-state index is -0.156. The predicted molar refractivity (Wildman–Crippen MR) is 138 cm³/mol. The number of nitrogens with one attached hydrogen (secondary N) is 3. The van der Waals surface area contributed by atoms with Crippen LogP contribution >= 0.6 is 0 Å². The number of hydrogen-bond acceptors (Lipinski definition) is 4. The maximum absolute atomic E-state index is 12.3. The van der Waals surface area contributed by atoms with Crippen molar-refractivity contribution < 1.29 is 14.3 Å². The first kappa shape index (κ1) is 24.8. The topological polar surface area (TPSA) is 79.5 Å². The zero-order valence-corrected chi connectivity index (χ0v) is 19.8. The van der Waals surface area contributed by atoms with E-state index in [2.05, 4.69) is 29.8 Å². The molecule has 0 heterocycles. The van der Waals surface area contributed by atoms with Crippen molar-refractivity contribution in [2.45, 2.75) is 33.1 Å². The lowest BCUT2D eigenvalue weighted by Gasteiger charge is -2.11. The van der Waals surface area contributed by atoms with Crippen molar-refractivity contribution >= 4 is 28.9 Å². The third-order valence-corrected chi connectivity index (χ3v) is 5.21. The quantitative estimate of drug-likeness (QED) is 0.323. The first-order chi connectivity index (χ1) is 16.5. The largest absolute Gasteiger partial charge is 0.494 e. The van der Waals surface area contributed by atoms with Crippen LogP contribution in [0, 0.1) is 5.92 Å². The lowest BCUT2D eigenvalue weighted by molar-refractivity contribution is -0.116. The number of amides is 2. The Hall–Kier alpha value is -3.80. The van der Waals surface area contributed by atoms with Gasteiger partial charge in [0.2, 0.25) is 11.8 Å². The molecular formula is C28H33N3O3. The van der Waals surface area contributed by atoms with E-state index in [4.69, 9.17) is 4.74 Å². The number of rotatable bonds is 12. The zero-order chi connectivity index (χ0) is 24.2. The average Bonchev–Trinajstić information content (AvgIpc) is 2.84. The lowest BCUT2D eigenvalue weighted by Crippen LogP contribution is -2.21. The van der Waals surface area contributed by atoms with E-state index in [1.807, 2.05) is 54.6 Å². The van der Waals surface area contributed by atoms with Crippen LogP contribution in [0.2, 0.25) is 0 Å². The van der Waals surface area contributed by atoms with Gasteiger partial charge in [-0.25, -0.2) is 0 Å². The first-order valence-corrected chi connectivity index (χ1v) is 11.7. The molecule has 3 rings (SSSR count). The van der Waals surface area contributed by atoms with Crippen LogP contribution in [0.3, 0.4) is 0 Å². The Balaban J connectivity index is 1.37. The summed E-state index contributed by atoms with van der Waals surface area (Å²) in [6.07, 6.45) is 2.13. The predicted octanol–water partition coefficient (Wildman–Crippen LogP) is 5.73. The van der Waals surface area contributed by atoms with Crippen molar-refractivity contribution in [2.75, 3.05) is 29.1 Å². The summed E-state index contributed by atoms with van der Waals surface area (Å²) < 4.78 is 5.71. The van der Waals surface area contributed by atoms with E-state index in [0.717, 1.165) is 23.4 Å². The highest BCUT2D eigenvalue weighted by Gasteiger charge is 2.06. The Kier molecular flexibility index (Phi) is 9.52. The smallest absolute Gasteiger partial charge is 0.243 e. The van der Waals surface area contributed by atoms with E-state index in [9.17, 15) is 9.59 Å². The van der Waals surface area contributed by atoms with Crippen molar-refractivity contribution in [3.8, 4) is 5.75 Å². The van der Waals surface area contributed by atoms with Crippen LogP contribution < -0.4 is 20.7 Å². The van der Waals surface area contributed by atoms with Gasteiger partial charge >= 0.3 is 0 Å². The molecule has 0 aromatic heterocycles. The molecule has 0 spiro atoms. The van der Waals surface area contributed by atoms with E-state index in [-0.39, 0.29) is 18.4 Å². The Morgan fingerprint density at radius 1 is 0.765 bits per heavy atom. The van der Waals surface area contributed by atoms with Gasteiger partial charge in [0.05, 0.1) is 13.2 Å². The minimum absolute atomic E-state index is 0.0406. The standard InChI is InChI=1S/C28H33N3O3/c1-21(2)18-19-34-26-15-13-23(14-16-26)29-20-28(33)31-25-11-9-24(10-12-25)30-27(32)17-8-22-6-4-3-5-7-22/h3-7,9-16,21,29H,8,17-20H2,1-2H3,(H,30,32)(H,31,33). The Morgan fingerprint density at radius 2 is 1.35 bits per heavy atom. The van der Waals surface area contributed by atoms with Gasteiger partial charge in [0.25, 0.3) is 0 Å². The molecular weight excluding hydrogens is 426 g/mol. The number of hydrogen-bond donors (Lipinski definition) is 3. The highest BCUT2D eigenvalue weighted by Crippen LogP contribution is 2.17. The summed E-state index contributed by atoms with van der Waals surface area (Å²) >= 11 is 0. The second-order valence-electron chi connectivity index (χ2n) is 8.57. The fraction of sp³-hybridized carbons (Fsp3) is 0.286. The van der Waals surface area contributed by atoms with Crippen LogP contribution in [-0.4, -0.2) is 25.0 Å². The molecule has 3 aromatic carbocycles. The van der Waals surface area contributed by atoms with Crippen LogP contribution in [-0.2, 0) is 16.0 Å². The van der Waals surface area contributed by atoms with Crippen LogP contribution in [0.15, 0.2) is 78.9 Å². The summed E-state index contributed by atoms with van der Waals surface area (Å²) in [4.78, 5) is 24.4. The Bertz CT molecular complexity index is 1030. The molecule has 6 heteroatoms. The molecule has 0 aliphatic carbocycles. The highest BCUT2D eigenvalue weighted by atomic mass is 16.5. The second-order valence-corrected chi connectivity index (χ2v) is 8.57. The fourth-order valence-corrected chi connectivity index (χ4v) is 3.23. The minimum Gasteiger partial charge on any atom is -0.494 e. The van der Waals surface area contributed by atoms with Gasteiger partial charge < -0.3 is 20.7 Å².